The number of nitrogens with zero attached hydrogens (tertiary/aromatic N) is 7. The number of aromatic carboxylic acids is 1. The number of fused-ring (bicyclic) bond motifs is 1. The number of hydrogen-bond acceptors (Lipinski definition) is 10. The van der Waals surface area contributed by atoms with Crippen molar-refractivity contribution in [2.24, 2.45) is 0 Å². The van der Waals surface area contributed by atoms with E-state index in [4.69, 9.17) is 24.5 Å². The molecule has 12 nitrogen and oxygen atoms in total. The van der Waals surface area contributed by atoms with Crippen LogP contribution in [0.2, 0.25) is 0 Å². The van der Waals surface area contributed by atoms with Gasteiger partial charge in [0.1, 0.15) is 29.7 Å². The lowest BCUT2D eigenvalue weighted by Gasteiger charge is -2.32. The maximum Gasteiger partial charge on any atom is 0.354 e. The number of aromatic nitrogens is 5. The number of pyridine rings is 1. The molecule has 6 rings (SSSR count). The monoisotopic (exact) mass is 573 g/mol. The summed E-state index contributed by atoms with van der Waals surface area (Å²) < 4.78 is 33.5. The highest BCUT2D eigenvalue weighted by atomic mass is 19.1. The summed E-state index contributed by atoms with van der Waals surface area (Å²) >= 11 is 0. The maximum atomic E-state index is 14.1. The number of likely N-dealkylation sites (tertiary alicyclic amines) is 1. The van der Waals surface area contributed by atoms with Crippen molar-refractivity contribution < 1.29 is 28.5 Å². The van der Waals surface area contributed by atoms with E-state index in [1.165, 1.54) is 18.3 Å². The van der Waals surface area contributed by atoms with Gasteiger partial charge in [0.15, 0.2) is 17.4 Å². The summed E-state index contributed by atoms with van der Waals surface area (Å²) in [5.74, 6) is -0.0551. The van der Waals surface area contributed by atoms with Crippen molar-refractivity contribution in [3.8, 4) is 17.7 Å². The van der Waals surface area contributed by atoms with Crippen molar-refractivity contribution in [1.82, 2.24) is 29.4 Å². The van der Waals surface area contributed by atoms with Gasteiger partial charge in [-0.3, -0.25) is 4.90 Å². The van der Waals surface area contributed by atoms with Crippen LogP contribution in [-0.2, 0) is 24.4 Å². The fourth-order valence-corrected chi connectivity index (χ4v) is 5.05. The Morgan fingerprint density at radius 1 is 1.17 bits per heavy atom. The van der Waals surface area contributed by atoms with Crippen LogP contribution in [0.5, 0.6) is 11.6 Å². The zero-order valence-corrected chi connectivity index (χ0v) is 22.6. The molecule has 42 heavy (non-hydrogen) atoms. The topological polar surface area (TPSA) is 149 Å². The Bertz CT molecular complexity index is 1640. The summed E-state index contributed by atoms with van der Waals surface area (Å²) in [5.41, 5.74) is 1.62. The molecular weight excluding hydrogens is 545 g/mol. The minimum atomic E-state index is -1.07. The predicted octanol–water partition coefficient (Wildman–Crippen LogP) is 3.34. The van der Waals surface area contributed by atoms with E-state index in [0.29, 0.717) is 30.3 Å². The quantitative estimate of drug-likeness (QED) is 0.298. The molecular formula is C29H28FN7O5. The van der Waals surface area contributed by atoms with Crippen LogP contribution in [0.1, 0.15) is 47.0 Å². The van der Waals surface area contributed by atoms with Gasteiger partial charge >= 0.3 is 5.97 Å². The largest absolute Gasteiger partial charge is 0.483 e. The van der Waals surface area contributed by atoms with Crippen molar-refractivity contribution in [3.63, 3.8) is 0 Å². The van der Waals surface area contributed by atoms with Crippen LogP contribution in [0, 0.1) is 17.1 Å². The highest BCUT2D eigenvalue weighted by Crippen LogP contribution is 2.25. The average molecular weight is 574 g/mol. The molecule has 13 heteroatoms. The summed E-state index contributed by atoms with van der Waals surface area (Å²) in [6.45, 7) is 3.48. The standard InChI is InChI=1S/C29H28FN7O5/c30-21-11-18(13-31)1-2-25(21)41-17-26-32-7-3-28(35-26)42-19-4-8-36(9-5-19)16-27-34-23-14-33-22(29(38)39)12-24(23)37(27)15-20-6-10-40-20/h1-3,7,11-12,14,19-20H,4-6,8-10,15-17H2,(H,38,39)/t20-/m0/s1. The molecule has 5 heterocycles. The predicted molar refractivity (Wildman–Crippen MR) is 145 cm³/mol. The second-order valence-electron chi connectivity index (χ2n) is 10.2. The van der Waals surface area contributed by atoms with Crippen LogP contribution < -0.4 is 9.47 Å². The summed E-state index contributed by atoms with van der Waals surface area (Å²) in [4.78, 5) is 31.2. The van der Waals surface area contributed by atoms with Crippen LogP contribution in [0.25, 0.3) is 11.0 Å². The Labute approximate surface area is 240 Å². The summed E-state index contributed by atoms with van der Waals surface area (Å²) in [5, 5.41) is 18.3. The van der Waals surface area contributed by atoms with Gasteiger partial charge in [0.25, 0.3) is 0 Å². The zero-order chi connectivity index (χ0) is 29.1. The first-order chi connectivity index (χ1) is 20.4. The second-order valence-corrected chi connectivity index (χ2v) is 10.2. The van der Waals surface area contributed by atoms with E-state index >= 15 is 0 Å². The Kier molecular flexibility index (Phi) is 7.89. The lowest BCUT2D eigenvalue weighted by atomic mass is 10.1. The van der Waals surface area contributed by atoms with Crippen molar-refractivity contribution >= 4 is 17.0 Å². The van der Waals surface area contributed by atoms with Gasteiger partial charge in [-0.25, -0.2) is 24.1 Å². The lowest BCUT2D eigenvalue weighted by Crippen LogP contribution is -2.39. The van der Waals surface area contributed by atoms with Gasteiger partial charge < -0.3 is 23.9 Å². The Balaban J connectivity index is 1.06. The van der Waals surface area contributed by atoms with Crippen molar-refractivity contribution in [1.29, 1.82) is 5.26 Å². The molecule has 0 aliphatic carbocycles. The molecule has 0 unspecified atom stereocenters. The van der Waals surface area contributed by atoms with Gasteiger partial charge in [0.2, 0.25) is 5.88 Å². The third-order valence-electron chi connectivity index (χ3n) is 7.40. The van der Waals surface area contributed by atoms with E-state index < -0.39 is 11.8 Å². The van der Waals surface area contributed by atoms with Gasteiger partial charge in [0.05, 0.1) is 42.5 Å². The van der Waals surface area contributed by atoms with E-state index in [9.17, 15) is 14.3 Å². The van der Waals surface area contributed by atoms with Crippen LogP contribution in [0.15, 0.2) is 42.7 Å². The number of benzene rings is 1. The Hall–Kier alpha value is -4.67. The first-order valence-electron chi connectivity index (χ1n) is 13.7. The number of hydrogen-bond donors (Lipinski definition) is 1. The molecule has 0 radical (unpaired) electrons. The summed E-state index contributed by atoms with van der Waals surface area (Å²) in [6.07, 6.45) is 5.67. The normalized spacial score (nSPS) is 17.5. The van der Waals surface area contributed by atoms with Gasteiger partial charge in [0, 0.05) is 32.0 Å². The first-order valence-corrected chi connectivity index (χ1v) is 13.7. The van der Waals surface area contributed by atoms with Crippen LogP contribution in [0.4, 0.5) is 4.39 Å². The number of halogens is 1. The number of carboxylic acids is 1. The molecule has 4 aromatic rings. The minimum Gasteiger partial charge on any atom is -0.483 e. The average Bonchev–Trinajstić information content (AvgIpc) is 3.31. The summed E-state index contributed by atoms with van der Waals surface area (Å²) in [6, 6.07) is 9.15. The third kappa shape index (κ3) is 6.14. The highest BCUT2D eigenvalue weighted by Gasteiger charge is 2.26. The van der Waals surface area contributed by atoms with Gasteiger partial charge in [-0.05, 0) is 43.5 Å². The smallest absolute Gasteiger partial charge is 0.354 e. The Morgan fingerprint density at radius 2 is 2.00 bits per heavy atom. The van der Waals surface area contributed by atoms with Gasteiger partial charge in [-0.2, -0.15) is 10.2 Å². The van der Waals surface area contributed by atoms with Crippen molar-refractivity contribution in [2.45, 2.75) is 51.2 Å². The van der Waals surface area contributed by atoms with E-state index in [1.54, 1.807) is 18.3 Å². The number of imidazole rings is 1. The van der Waals surface area contributed by atoms with E-state index in [2.05, 4.69) is 24.4 Å². The molecule has 0 amide bonds. The Morgan fingerprint density at radius 3 is 2.71 bits per heavy atom. The molecule has 2 aliphatic rings. The van der Waals surface area contributed by atoms with Crippen LogP contribution in [0.3, 0.4) is 0 Å². The molecule has 0 saturated carbocycles. The fourth-order valence-electron chi connectivity index (χ4n) is 5.05. The van der Waals surface area contributed by atoms with Crippen LogP contribution >= 0.6 is 0 Å². The molecule has 2 aliphatic heterocycles. The lowest BCUT2D eigenvalue weighted by molar-refractivity contribution is -0.0592. The van der Waals surface area contributed by atoms with Gasteiger partial charge in [-0.15, -0.1) is 0 Å². The molecule has 1 N–H and O–H groups in total. The summed E-state index contributed by atoms with van der Waals surface area (Å²) in [7, 11) is 0. The molecule has 0 bridgehead atoms. The molecule has 2 saturated heterocycles. The zero-order valence-electron chi connectivity index (χ0n) is 22.6. The SMILES string of the molecule is N#Cc1ccc(OCc2nccc(OC3CCN(Cc4nc5cnc(C(=O)O)cc5n4C[C@@H]4CCO4)CC3)n2)c(F)c1. The molecule has 1 atom stereocenters. The molecule has 2 fully saturated rings. The first kappa shape index (κ1) is 27.5. The molecule has 1 aromatic carbocycles. The van der Waals surface area contributed by atoms with E-state index in [-0.39, 0.29) is 35.8 Å². The van der Waals surface area contributed by atoms with Crippen LogP contribution in [-0.4, -0.2) is 72.4 Å². The fraction of sp³-hybridized carbons (Fsp3) is 0.379. The number of ether oxygens (including phenoxy) is 3. The molecule has 216 valence electrons. The maximum absolute atomic E-state index is 14.1. The number of rotatable bonds is 10. The van der Waals surface area contributed by atoms with Crippen molar-refractivity contribution in [2.75, 3.05) is 19.7 Å². The number of carbonyl (C=O) groups is 1. The third-order valence-corrected chi connectivity index (χ3v) is 7.40. The van der Waals surface area contributed by atoms with E-state index in [0.717, 1.165) is 56.4 Å². The minimum absolute atomic E-state index is 0.0106. The molecule has 3 aromatic heterocycles. The number of piperidine rings is 1. The molecule has 0 spiro atoms. The second kappa shape index (κ2) is 12.1. The number of nitriles is 1. The van der Waals surface area contributed by atoms with Gasteiger partial charge in [-0.1, -0.05) is 0 Å². The van der Waals surface area contributed by atoms with Crippen molar-refractivity contribution in [3.05, 3.63) is 71.4 Å². The highest BCUT2D eigenvalue weighted by molar-refractivity contribution is 5.90. The van der Waals surface area contributed by atoms with E-state index in [1.807, 2.05) is 6.07 Å². The number of carboxylic acid groups (broad SMARTS) is 1.